The second-order valence-corrected chi connectivity index (χ2v) is 5.33. The molecule has 0 heterocycles. The highest BCUT2D eigenvalue weighted by Crippen LogP contribution is 2.31. The molecule has 1 atom stereocenters. The third-order valence-corrected chi connectivity index (χ3v) is 3.80. The molecule has 0 bridgehead atoms. The molecule has 2 heteroatoms. The van der Waals surface area contributed by atoms with Gasteiger partial charge in [0.2, 0.25) is 0 Å². The molecule has 0 aromatic heterocycles. The zero-order valence-corrected chi connectivity index (χ0v) is 12.6. The van der Waals surface area contributed by atoms with Gasteiger partial charge in [0, 0.05) is 0 Å². The molecule has 0 fully saturated rings. The smallest absolute Gasteiger partial charge is 0.119 e. The Kier molecular flexibility index (Phi) is 4.15. The first-order valence-corrected chi connectivity index (χ1v) is 6.98. The van der Waals surface area contributed by atoms with Gasteiger partial charge < -0.3 is 9.84 Å². The van der Waals surface area contributed by atoms with E-state index in [9.17, 15) is 5.11 Å². The summed E-state index contributed by atoms with van der Waals surface area (Å²) in [6, 6.07) is 13.7. The van der Waals surface area contributed by atoms with Gasteiger partial charge in [-0.1, -0.05) is 30.3 Å². The molecule has 0 amide bonds. The van der Waals surface area contributed by atoms with Gasteiger partial charge in [-0.3, -0.25) is 0 Å². The number of hydrogen-bond donors (Lipinski definition) is 1. The fourth-order valence-corrected chi connectivity index (χ4v) is 2.25. The third-order valence-electron chi connectivity index (χ3n) is 3.80. The van der Waals surface area contributed by atoms with Gasteiger partial charge in [-0.05, 0) is 62.1 Å². The lowest BCUT2D eigenvalue weighted by Crippen LogP contribution is -2.22. The van der Waals surface area contributed by atoms with E-state index < -0.39 is 5.60 Å². The SMILES string of the molecule is CCOc1ccc(C(C)(O)c2ccc(C)c(C)c2)cc1. The number of aliphatic hydroxyl groups is 1. The summed E-state index contributed by atoms with van der Waals surface area (Å²) in [6.07, 6.45) is 0. The first kappa shape index (κ1) is 14.6. The van der Waals surface area contributed by atoms with Crippen molar-refractivity contribution in [2.45, 2.75) is 33.3 Å². The topological polar surface area (TPSA) is 29.5 Å². The minimum atomic E-state index is -0.997. The lowest BCUT2D eigenvalue weighted by molar-refractivity contribution is 0.102. The zero-order valence-electron chi connectivity index (χ0n) is 12.6. The predicted octanol–water partition coefficient (Wildman–Crippen LogP) is 3.96. The van der Waals surface area contributed by atoms with E-state index in [1.807, 2.05) is 56.3 Å². The second kappa shape index (κ2) is 5.68. The Hall–Kier alpha value is -1.80. The lowest BCUT2D eigenvalue weighted by Gasteiger charge is -2.25. The maximum absolute atomic E-state index is 10.9. The van der Waals surface area contributed by atoms with Crippen LogP contribution in [0, 0.1) is 13.8 Å². The number of aryl methyl sites for hydroxylation is 2. The van der Waals surface area contributed by atoms with Crippen LogP contribution in [0.2, 0.25) is 0 Å². The molecule has 0 saturated heterocycles. The Balaban J connectivity index is 2.35. The van der Waals surface area contributed by atoms with Crippen molar-refractivity contribution < 1.29 is 9.84 Å². The van der Waals surface area contributed by atoms with Crippen LogP contribution >= 0.6 is 0 Å². The Morgan fingerprint density at radius 1 is 0.950 bits per heavy atom. The molecule has 0 radical (unpaired) electrons. The zero-order chi connectivity index (χ0) is 14.8. The van der Waals surface area contributed by atoms with Crippen molar-refractivity contribution >= 4 is 0 Å². The van der Waals surface area contributed by atoms with Crippen molar-refractivity contribution in [2.24, 2.45) is 0 Å². The molecule has 2 aromatic rings. The van der Waals surface area contributed by atoms with Gasteiger partial charge in [-0.2, -0.15) is 0 Å². The molecule has 1 unspecified atom stereocenters. The molecule has 2 aromatic carbocycles. The Bertz CT molecular complexity index is 583. The summed E-state index contributed by atoms with van der Waals surface area (Å²) in [5, 5.41) is 10.9. The van der Waals surface area contributed by atoms with E-state index in [-0.39, 0.29) is 0 Å². The Labute approximate surface area is 121 Å². The highest BCUT2D eigenvalue weighted by molar-refractivity contribution is 5.41. The van der Waals surface area contributed by atoms with Crippen LogP contribution in [0.25, 0.3) is 0 Å². The van der Waals surface area contributed by atoms with Crippen LogP contribution in [0.4, 0.5) is 0 Å². The van der Waals surface area contributed by atoms with E-state index in [0.29, 0.717) is 6.61 Å². The third kappa shape index (κ3) is 2.86. The van der Waals surface area contributed by atoms with Crippen molar-refractivity contribution in [3.8, 4) is 5.75 Å². The summed E-state index contributed by atoms with van der Waals surface area (Å²) < 4.78 is 5.43. The van der Waals surface area contributed by atoms with Crippen LogP contribution < -0.4 is 4.74 Å². The summed E-state index contributed by atoms with van der Waals surface area (Å²) in [4.78, 5) is 0. The van der Waals surface area contributed by atoms with Gasteiger partial charge in [-0.25, -0.2) is 0 Å². The van der Waals surface area contributed by atoms with Gasteiger partial charge in [-0.15, -0.1) is 0 Å². The normalized spacial score (nSPS) is 13.8. The van der Waals surface area contributed by atoms with E-state index in [1.54, 1.807) is 0 Å². The van der Waals surface area contributed by atoms with Crippen molar-refractivity contribution in [1.82, 2.24) is 0 Å². The maximum Gasteiger partial charge on any atom is 0.119 e. The molecule has 20 heavy (non-hydrogen) atoms. The lowest BCUT2D eigenvalue weighted by atomic mass is 9.87. The summed E-state index contributed by atoms with van der Waals surface area (Å²) in [6.45, 7) is 8.57. The molecule has 0 aliphatic carbocycles. The fourth-order valence-electron chi connectivity index (χ4n) is 2.25. The predicted molar refractivity (Wildman–Crippen MR) is 82.2 cm³/mol. The highest BCUT2D eigenvalue weighted by atomic mass is 16.5. The van der Waals surface area contributed by atoms with Crippen LogP contribution in [-0.2, 0) is 5.60 Å². The summed E-state index contributed by atoms with van der Waals surface area (Å²) >= 11 is 0. The maximum atomic E-state index is 10.9. The first-order valence-electron chi connectivity index (χ1n) is 6.98. The summed E-state index contributed by atoms with van der Waals surface area (Å²) in [5.74, 6) is 0.826. The van der Waals surface area contributed by atoms with E-state index in [0.717, 1.165) is 16.9 Å². The van der Waals surface area contributed by atoms with Crippen molar-refractivity contribution in [1.29, 1.82) is 0 Å². The largest absolute Gasteiger partial charge is 0.494 e. The van der Waals surface area contributed by atoms with Gasteiger partial charge >= 0.3 is 0 Å². The van der Waals surface area contributed by atoms with Gasteiger partial charge in [0.25, 0.3) is 0 Å². The molecular formula is C18H22O2. The molecule has 0 spiro atoms. The highest BCUT2D eigenvalue weighted by Gasteiger charge is 2.25. The van der Waals surface area contributed by atoms with E-state index in [2.05, 4.69) is 13.8 Å². The van der Waals surface area contributed by atoms with Crippen LogP contribution in [0.3, 0.4) is 0 Å². The van der Waals surface area contributed by atoms with Crippen LogP contribution in [0.1, 0.15) is 36.1 Å². The van der Waals surface area contributed by atoms with Crippen LogP contribution in [-0.4, -0.2) is 11.7 Å². The average molecular weight is 270 g/mol. The van der Waals surface area contributed by atoms with Gasteiger partial charge in [0.15, 0.2) is 0 Å². The molecule has 0 aliphatic heterocycles. The van der Waals surface area contributed by atoms with E-state index in [4.69, 9.17) is 4.74 Å². The van der Waals surface area contributed by atoms with Crippen LogP contribution in [0.5, 0.6) is 5.75 Å². The average Bonchev–Trinajstić information content (AvgIpc) is 2.43. The minimum Gasteiger partial charge on any atom is -0.494 e. The Morgan fingerprint density at radius 3 is 2.10 bits per heavy atom. The van der Waals surface area contributed by atoms with Crippen molar-refractivity contribution in [3.05, 3.63) is 64.7 Å². The standard InChI is InChI=1S/C18H22O2/c1-5-20-17-10-8-15(9-11-17)18(4,19)16-7-6-13(2)14(3)12-16/h6-12,19H,5H2,1-4H3. The Morgan fingerprint density at radius 2 is 1.55 bits per heavy atom. The van der Waals surface area contributed by atoms with Gasteiger partial charge in [0.05, 0.1) is 6.61 Å². The van der Waals surface area contributed by atoms with Gasteiger partial charge in [0.1, 0.15) is 11.4 Å². The number of rotatable bonds is 4. The fraction of sp³-hybridized carbons (Fsp3) is 0.333. The molecule has 0 saturated carbocycles. The minimum absolute atomic E-state index is 0.646. The molecule has 2 rings (SSSR count). The van der Waals surface area contributed by atoms with Crippen molar-refractivity contribution in [2.75, 3.05) is 6.61 Å². The number of benzene rings is 2. The number of ether oxygens (including phenoxy) is 1. The quantitative estimate of drug-likeness (QED) is 0.911. The first-order chi connectivity index (χ1) is 9.45. The second-order valence-electron chi connectivity index (χ2n) is 5.33. The monoisotopic (exact) mass is 270 g/mol. The molecule has 0 aliphatic rings. The molecule has 1 N–H and O–H groups in total. The number of hydrogen-bond acceptors (Lipinski definition) is 2. The van der Waals surface area contributed by atoms with Crippen LogP contribution in [0.15, 0.2) is 42.5 Å². The van der Waals surface area contributed by atoms with E-state index >= 15 is 0 Å². The summed E-state index contributed by atoms with van der Waals surface area (Å²) in [5.41, 5.74) is 3.20. The van der Waals surface area contributed by atoms with Crippen molar-refractivity contribution in [3.63, 3.8) is 0 Å². The molecule has 2 nitrogen and oxygen atoms in total. The van der Waals surface area contributed by atoms with E-state index in [1.165, 1.54) is 11.1 Å². The molecular weight excluding hydrogens is 248 g/mol. The molecule has 106 valence electrons. The summed E-state index contributed by atoms with van der Waals surface area (Å²) in [7, 11) is 0.